The molecule has 0 atom stereocenters. The van der Waals surface area contributed by atoms with Gasteiger partial charge in [-0.3, -0.25) is 10.1 Å². The summed E-state index contributed by atoms with van der Waals surface area (Å²) in [6.45, 7) is 3.85. The molecule has 23 heavy (non-hydrogen) atoms. The summed E-state index contributed by atoms with van der Waals surface area (Å²) < 4.78 is 5.33. The number of hydrogen-bond donors (Lipinski definition) is 1. The van der Waals surface area contributed by atoms with Gasteiger partial charge in [0.05, 0.1) is 12.8 Å². The SMILES string of the molecule is COc1ccccc1N1C(=O)CN=C1Nc1nc(C)cc(C)n1. The zero-order valence-corrected chi connectivity index (χ0v) is 13.2. The molecule has 1 aromatic heterocycles. The van der Waals surface area contributed by atoms with Gasteiger partial charge in [0, 0.05) is 11.4 Å². The molecule has 118 valence electrons. The van der Waals surface area contributed by atoms with Gasteiger partial charge < -0.3 is 4.74 Å². The smallest absolute Gasteiger partial charge is 0.255 e. The van der Waals surface area contributed by atoms with Crippen LogP contribution in [0.3, 0.4) is 0 Å². The highest BCUT2D eigenvalue weighted by Gasteiger charge is 2.29. The van der Waals surface area contributed by atoms with E-state index in [2.05, 4.69) is 20.3 Å². The minimum Gasteiger partial charge on any atom is -0.495 e. The number of benzene rings is 1. The average molecular weight is 311 g/mol. The molecule has 7 heteroatoms. The molecule has 3 rings (SSSR count). The topological polar surface area (TPSA) is 79.7 Å². The summed E-state index contributed by atoms with van der Waals surface area (Å²) in [5, 5.41) is 3.03. The molecule has 0 radical (unpaired) electrons. The van der Waals surface area contributed by atoms with Crippen molar-refractivity contribution < 1.29 is 9.53 Å². The highest BCUT2D eigenvalue weighted by Crippen LogP contribution is 2.29. The molecule has 2 heterocycles. The Morgan fingerprint density at radius 1 is 1.17 bits per heavy atom. The zero-order chi connectivity index (χ0) is 16.4. The van der Waals surface area contributed by atoms with Gasteiger partial charge in [-0.05, 0) is 32.0 Å². The van der Waals surface area contributed by atoms with E-state index in [0.29, 0.717) is 23.3 Å². The minimum absolute atomic E-state index is 0.0746. The maximum absolute atomic E-state index is 12.3. The molecule has 1 amide bonds. The van der Waals surface area contributed by atoms with Crippen LogP contribution in [0, 0.1) is 13.8 Å². The number of aromatic nitrogens is 2. The van der Waals surface area contributed by atoms with Gasteiger partial charge in [0.25, 0.3) is 5.91 Å². The van der Waals surface area contributed by atoms with E-state index in [4.69, 9.17) is 4.74 Å². The van der Waals surface area contributed by atoms with Crippen LogP contribution >= 0.6 is 0 Å². The number of ether oxygens (including phenoxy) is 1. The lowest BCUT2D eigenvalue weighted by Gasteiger charge is -2.21. The summed E-state index contributed by atoms with van der Waals surface area (Å²) in [6, 6.07) is 9.17. The van der Waals surface area contributed by atoms with Crippen molar-refractivity contribution in [1.82, 2.24) is 9.97 Å². The molecule has 0 bridgehead atoms. The van der Waals surface area contributed by atoms with Crippen molar-refractivity contribution in [2.24, 2.45) is 4.99 Å². The Morgan fingerprint density at radius 2 is 1.87 bits per heavy atom. The lowest BCUT2D eigenvalue weighted by atomic mass is 10.2. The number of rotatable bonds is 3. The van der Waals surface area contributed by atoms with E-state index >= 15 is 0 Å². The fourth-order valence-corrected chi connectivity index (χ4v) is 2.44. The Kier molecular flexibility index (Phi) is 3.92. The van der Waals surface area contributed by atoms with E-state index in [1.807, 2.05) is 38.1 Å². The molecule has 0 fully saturated rings. The Labute approximate surface area is 134 Å². The monoisotopic (exact) mass is 311 g/mol. The predicted molar refractivity (Wildman–Crippen MR) is 87.9 cm³/mol. The Balaban J connectivity index is 1.94. The van der Waals surface area contributed by atoms with E-state index in [1.54, 1.807) is 13.2 Å². The minimum atomic E-state index is -0.138. The maximum Gasteiger partial charge on any atom is 0.255 e. The van der Waals surface area contributed by atoms with Crippen molar-refractivity contribution in [2.45, 2.75) is 13.8 Å². The lowest BCUT2D eigenvalue weighted by molar-refractivity contribution is -0.115. The third kappa shape index (κ3) is 2.98. The largest absolute Gasteiger partial charge is 0.495 e. The molecule has 0 unspecified atom stereocenters. The second-order valence-electron chi connectivity index (χ2n) is 5.14. The number of aryl methyl sites for hydroxylation is 2. The van der Waals surface area contributed by atoms with Gasteiger partial charge in [-0.1, -0.05) is 12.1 Å². The highest BCUT2D eigenvalue weighted by atomic mass is 16.5. The van der Waals surface area contributed by atoms with Crippen molar-refractivity contribution in [3.05, 3.63) is 41.7 Å². The fourth-order valence-electron chi connectivity index (χ4n) is 2.44. The number of carbonyl (C=O) groups excluding carboxylic acids is 1. The van der Waals surface area contributed by atoms with Crippen LogP contribution in [-0.4, -0.2) is 35.5 Å². The van der Waals surface area contributed by atoms with Crippen molar-refractivity contribution in [1.29, 1.82) is 0 Å². The third-order valence-corrected chi connectivity index (χ3v) is 3.36. The van der Waals surface area contributed by atoms with E-state index in [-0.39, 0.29) is 12.5 Å². The molecular weight excluding hydrogens is 294 g/mol. The molecule has 1 aliphatic rings. The van der Waals surface area contributed by atoms with Gasteiger partial charge in [-0.25, -0.2) is 19.9 Å². The summed E-state index contributed by atoms with van der Waals surface area (Å²) in [5.41, 5.74) is 2.32. The van der Waals surface area contributed by atoms with Crippen LogP contribution in [0.1, 0.15) is 11.4 Å². The number of nitrogens with one attached hydrogen (secondary N) is 1. The van der Waals surface area contributed by atoms with Crippen LogP contribution in [-0.2, 0) is 4.79 Å². The summed E-state index contributed by atoms with van der Waals surface area (Å²) in [4.78, 5) is 26.6. The number of aliphatic imine (C=N–C) groups is 1. The van der Waals surface area contributed by atoms with Gasteiger partial charge in [-0.2, -0.15) is 0 Å². The molecule has 0 aliphatic carbocycles. The molecule has 1 aromatic carbocycles. The normalized spacial score (nSPS) is 14.0. The number of nitrogens with zero attached hydrogens (tertiary/aromatic N) is 4. The second-order valence-corrected chi connectivity index (χ2v) is 5.14. The van der Waals surface area contributed by atoms with Crippen molar-refractivity contribution in [3.63, 3.8) is 0 Å². The van der Waals surface area contributed by atoms with Crippen LogP contribution < -0.4 is 15.0 Å². The maximum atomic E-state index is 12.3. The molecule has 0 saturated heterocycles. The van der Waals surface area contributed by atoms with E-state index in [0.717, 1.165) is 11.4 Å². The van der Waals surface area contributed by atoms with Crippen LogP contribution in [0.5, 0.6) is 5.75 Å². The van der Waals surface area contributed by atoms with Crippen LogP contribution in [0.15, 0.2) is 35.3 Å². The van der Waals surface area contributed by atoms with E-state index < -0.39 is 0 Å². The first kappa shape index (κ1) is 15.0. The zero-order valence-electron chi connectivity index (χ0n) is 13.2. The molecular formula is C16H17N5O2. The first-order chi connectivity index (χ1) is 11.1. The number of guanidine groups is 1. The van der Waals surface area contributed by atoms with Crippen LogP contribution in [0.2, 0.25) is 0 Å². The number of methoxy groups -OCH3 is 1. The lowest BCUT2D eigenvalue weighted by Crippen LogP contribution is -2.37. The first-order valence-corrected chi connectivity index (χ1v) is 7.18. The Bertz CT molecular complexity index is 768. The first-order valence-electron chi connectivity index (χ1n) is 7.18. The summed E-state index contributed by atoms with van der Waals surface area (Å²) in [6.07, 6.45) is 0. The van der Waals surface area contributed by atoms with Crippen molar-refractivity contribution in [2.75, 3.05) is 23.9 Å². The number of hydrogen-bond acceptors (Lipinski definition) is 6. The number of amides is 1. The fraction of sp³-hybridized carbons (Fsp3) is 0.250. The number of carbonyl (C=O) groups is 1. The standard InChI is InChI=1S/C16H17N5O2/c1-10-8-11(2)19-15(18-10)20-16-17-9-14(22)21(16)12-6-4-5-7-13(12)23-3/h4-8H,9H2,1-3H3,(H,17,18,19,20). The average Bonchev–Trinajstić information content (AvgIpc) is 2.86. The van der Waals surface area contributed by atoms with Crippen LogP contribution in [0.25, 0.3) is 0 Å². The number of para-hydroxylation sites is 2. The molecule has 7 nitrogen and oxygen atoms in total. The summed E-state index contributed by atoms with van der Waals surface area (Å²) in [5.74, 6) is 1.26. The Morgan fingerprint density at radius 3 is 2.57 bits per heavy atom. The predicted octanol–water partition coefficient (Wildman–Crippen LogP) is 1.92. The van der Waals surface area contributed by atoms with E-state index in [9.17, 15) is 4.79 Å². The summed E-state index contributed by atoms with van der Waals surface area (Å²) in [7, 11) is 1.57. The highest BCUT2D eigenvalue weighted by molar-refractivity contribution is 6.25. The molecule has 0 saturated carbocycles. The van der Waals surface area contributed by atoms with E-state index in [1.165, 1.54) is 4.90 Å². The van der Waals surface area contributed by atoms with Gasteiger partial charge >= 0.3 is 0 Å². The quantitative estimate of drug-likeness (QED) is 0.936. The number of anilines is 2. The van der Waals surface area contributed by atoms with Gasteiger partial charge in [-0.15, -0.1) is 0 Å². The van der Waals surface area contributed by atoms with Crippen molar-refractivity contribution in [3.8, 4) is 5.75 Å². The van der Waals surface area contributed by atoms with Gasteiger partial charge in [0.15, 0.2) is 0 Å². The molecule has 1 N–H and O–H groups in total. The van der Waals surface area contributed by atoms with Gasteiger partial charge in [0.1, 0.15) is 12.3 Å². The second kappa shape index (κ2) is 6.04. The molecule has 1 aliphatic heterocycles. The summed E-state index contributed by atoms with van der Waals surface area (Å²) >= 11 is 0. The van der Waals surface area contributed by atoms with Crippen molar-refractivity contribution >= 4 is 23.5 Å². The van der Waals surface area contributed by atoms with Gasteiger partial charge in [0.2, 0.25) is 11.9 Å². The molecule has 2 aromatic rings. The Hall–Kier alpha value is -2.96. The van der Waals surface area contributed by atoms with Crippen LogP contribution in [0.4, 0.5) is 11.6 Å². The third-order valence-electron chi connectivity index (χ3n) is 3.36. The molecule has 0 spiro atoms.